The fourth-order valence-electron chi connectivity index (χ4n) is 3.94. The van der Waals surface area contributed by atoms with E-state index in [1.807, 2.05) is 16.2 Å². The molecule has 6 heteroatoms. The predicted octanol–water partition coefficient (Wildman–Crippen LogP) is 3.64. The van der Waals surface area contributed by atoms with Gasteiger partial charge in [-0.05, 0) is 49.9 Å². The van der Waals surface area contributed by atoms with Crippen molar-refractivity contribution in [3.8, 4) is 0 Å². The van der Waals surface area contributed by atoms with Crippen molar-refractivity contribution in [2.75, 3.05) is 50.8 Å². The summed E-state index contributed by atoms with van der Waals surface area (Å²) in [6.45, 7) is 8.93. The van der Waals surface area contributed by atoms with Crippen LogP contribution < -0.4 is 4.90 Å². The minimum absolute atomic E-state index is 0.145. The lowest BCUT2D eigenvalue weighted by atomic mass is 10.1. The van der Waals surface area contributed by atoms with Gasteiger partial charge in [-0.3, -0.25) is 4.90 Å². The maximum absolute atomic E-state index is 11.6. The number of nitrogens with zero attached hydrogens (tertiary/aromatic N) is 3. The van der Waals surface area contributed by atoms with E-state index in [2.05, 4.69) is 46.4 Å². The van der Waals surface area contributed by atoms with Gasteiger partial charge in [0.05, 0.1) is 6.04 Å². The highest BCUT2D eigenvalue weighted by Gasteiger charge is 2.28. The van der Waals surface area contributed by atoms with E-state index in [0.29, 0.717) is 6.61 Å². The van der Waals surface area contributed by atoms with E-state index in [-0.39, 0.29) is 12.1 Å². The molecule has 5 nitrogen and oxygen atoms in total. The lowest BCUT2D eigenvalue weighted by Gasteiger charge is -2.36. The van der Waals surface area contributed by atoms with Crippen LogP contribution in [0, 0.1) is 0 Å². The molecule has 1 unspecified atom stereocenters. The Morgan fingerprint density at radius 2 is 1.92 bits per heavy atom. The van der Waals surface area contributed by atoms with Gasteiger partial charge in [0.15, 0.2) is 0 Å². The fourth-order valence-corrected chi connectivity index (χ4v) is 4.75. The summed E-state index contributed by atoms with van der Waals surface area (Å²) >= 11 is 1.82. The van der Waals surface area contributed by atoms with Crippen molar-refractivity contribution >= 4 is 33.2 Å². The van der Waals surface area contributed by atoms with Crippen molar-refractivity contribution in [2.24, 2.45) is 0 Å². The van der Waals surface area contributed by atoms with Crippen LogP contribution in [-0.2, 0) is 4.74 Å². The average molecular weight is 374 g/mol. The standard InChI is InChI=1S/C20H27N3O2S/c1-16-15-25-20(24)23(16)9-3-2-8-21-10-12-22(13-11-21)18-5-4-6-19-17(18)7-14-26-19/h4-7,14,16H,2-3,8-13,15H2,1H3. The second-order valence-corrected chi connectivity index (χ2v) is 8.21. The molecule has 4 rings (SSSR count). The molecule has 1 atom stereocenters. The molecule has 0 N–H and O–H groups in total. The lowest BCUT2D eigenvalue weighted by molar-refractivity contribution is 0.156. The second kappa shape index (κ2) is 7.84. The Morgan fingerprint density at radius 1 is 1.12 bits per heavy atom. The van der Waals surface area contributed by atoms with Gasteiger partial charge >= 0.3 is 6.09 Å². The number of hydrogen-bond donors (Lipinski definition) is 0. The van der Waals surface area contributed by atoms with E-state index >= 15 is 0 Å². The van der Waals surface area contributed by atoms with Crippen molar-refractivity contribution in [1.29, 1.82) is 0 Å². The number of benzene rings is 1. The first-order valence-corrected chi connectivity index (χ1v) is 10.5. The molecular weight excluding hydrogens is 346 g/mol. The Balaban J connectivity index is 1.22. The summed E-state index contributed by atoms with van der Waals surface area (Å²) in [5.41, 5.74) is 1.38. The Hall–Kier alpha value is -1.79. The predicted molar refractivity (Wildman–Crippen MR) is 107 cm³/mol. The minimum Gasteiger partial charge on any atom is -0.447 e. The Labute approximate surface area is 159 Å². The third-order valence-corrected chi connectivity index (χ3v) is 6.41. The zero-order valence-electron chi connectivity index (χ0n) is 15.4. The van der Waals surface area contributed by atoms with Crippen LogP contribution in [0.3, 0.4) is 0 Å². The second-order valence-electron chi connectivity index (χ2n) is 7.26. The van der Waals surface area contributed by atoms with Gasteiger partial charge < -0.3 is 14.5 Å². The molecule has 2 fully saturated rings. The van der Waals surface area contributed by atoms with Gasteiger partial charge in [0.2, 0.25) is 0 Å². The first-order chi connectivity index (χ1) is 12.7. The maximum atomic E-state index is 11.6. The number of rotatable bonds is 6. The van der Waals surface area contributed by atoms with E-state index in [9.17, 15) is 4.79 Å². The van der Waals surface area contributed by atoms with Crippen LogP contribution in [0.4, 0.5) is 10.5 Å². The summed E-state index contributed by atoms with van der Waals surface area (Å²) in [7, 11) is 0. The number of fused-ring (bicyclic) bond motifs is 1. The molecule has 0 saturated carbocycles. The van der Waals surface area contributed by atoms with E-state index in [1.165, 1.54) is 15.8 Å². The summed E-state index contributed by atoms with van der Waals surface area (Å²) in [6, 6.07) is 9.10. The molecule has 26 heavy (non-hydrogen) atoms. The van der Waals surface area contributed by atoms with Gasteiger partial charge in [-0.1, -0.05) is 6.07 Å². The Kier molecular flexibility index (Phi) is 5.31. The van der Waals surface area contributed by atoms with E-state index in [4.69, 9.17) is 4.74 Å². The van der Waals surface area contributed by atoms with Crippen molar-refractivity contribution in [3.05, 3.63) is 29.6 Å². The fraction of sp³-hybridized carbons (Fsp3) is 0.550. The van der Waals surface area contributed by atoms with Gasteiger partial charge in [0.1, 0.15) is 6.61 Å². The van der Waals surface area contributed by atoms with Crippen LogP contribution in [0.5, 0.6) is 0 Å². The van der Waals surface area contributed by atoms with E-state index in [1.54, 1.807) is 0 Å². The number of thiophene rings is 1. The zero-order chi connectivity index (χ0) is 17.9. The molecule has 3 heterocycles. The minimum atomic E-state index is -0.145. The molecule has 2 aromatic rings. The normalized spacial score (nSPS) is 21.6. The van der Waals surface area contributed by atoms with Gasteiger partial charge in [0.25, 0.3) is 0 Å². The highest BCUT2D eigenvalue weighted by Crippen LogP contribution is 2.31. The van der Waals surface area contributed by atoms with E-state index < -0.39 is 0 Å². The van der Waals surface area contributed by atoms with Crippen LogP contribution in [0.1, 0.15) is 19.8 Å². The SMILES string of the molecule is CC1COC(=O)N1CCCCN1CCN(c2cccc3sccc23)CC1. The number of ether oxygens (including phenoxy) is 1. The van der Waals surface area contributed by atoms with Crippen LogP contribution in [0.15, 0.2) is 29.6 Å². The number of carbonyl (C=O) groups is 1. The number of cyclic esters (lactones) is 1. The quantitative estimate of drug-likeness (QED) is 0.724. The molecule has 1 aromatic carbocycles. The first-order valence-electron chi connectivity index (χ1n) is 9.59. The van der Waals surface area contributed by atoms with Crippen LogP contribution in [-0.4, -0.2) is 67.8 Å². The van der Waals surface area contributed by atoms with E-state index in [0.717, 1.165) is 52.1 Å². The van der Waals surface area contributed by atoms with Gasteiger partial charge in [-0.25, -0.2) is 4.79 Å². The molecule has 0 radical (unpaired) electrons. The zero-order valence-corrected chi connectivity index (χ0v) is 16.2. The molecule has 2 aliphatic rings. The van der Waals surface area contributed by atoms with Crippen LogP contribution >= 0.6 is 11.3 Å². The molecule has 140 valence electrons. The van der Waals surface area contributed by atoms with Crippen LogP contribution in [0.2, 0.25) is 0 Å². The van der Waals surface area contributed by atoms with Crippen molar-refractivity contribution < 1.29 is 9.53 Å². The van der Waals surface area contributed by atoms with Crippen molar-refractivity contribution in [3.63, 3.8) is 0 Å². The number of carbonyl (C=O) groups excluding carboxylic acids is 1. The highest BCUT2D eigenvalue weighted by molar-refractivity contribution is 7.17. The van der Waals surface area contributed by atoms with Gasteiger partial charge in [-0.15, -0.1) is 11.3 Å². The molecular formula is C20H27N3O2S. The first kappa shape index (κ1) is 17.6. The number of anilines is 1. The summed E-state index contributed by atoms with van der Waals surface area (Å²) in [6.07, 6.45) is 2.04. The number of unbranched alkanes of at least 4 members (excludes halogenated alkanes) is 1. The largest absolute Gasteiger partial charge is 0.447 e. The monoisotopic (exact) mass is 373 g/mol. The molecule has 1 aromatic heterocycles. The third kappa shape index (κ3) is 3.67. The molecule has 0 spiro atoms. The lowest BCUT2D eigenvalue weighted by Crippen LogP contribution is -2.46. The third-order valence-electron chi connectivity index (χ3n) is 5.52. The van der Waals surface area contributed by atoms with Crippen molar-refractivity contribution in [2.45, 2.75) is 25.8 Å². The maximum Gasteiger partial charge on any atom is 0.410 e. The average Bonchev–Trinajstić information content (AvgIpc) is 3.26. The van der Waals surface area contributed by atoms with Gasteiger partial charge in [-0.2, -0.15) is 0 Å². The van der Waals surface area contributed by atoms with Crippen LogP contribution in [0.25, 0.3) is 10.1 Å². The summed E-state index contributed by atoms with van der Waals surface area (Å²) in [5, 5.41) is 3.57. The summed E-state index contributed by atoms with van der Waals surface area (Å²) in [5.74, 6) is 0. The smallest absolute Gasteiger partial charge is 0.410 e. The Morgan fingerprint density at radius 3 is 2.69 bits per heavy atom. The number of amides is 1. The number of hydrogen-bond acceptors (Lipinski definition) is 5. The summed E-state index contributed by atoms with van der Waals surface area (Å²) in [4.78, 5) is 18.5. The molecule has 0 aliphatic carbocycles. The molecule has 0 bridgehead atoms. The molecule has 2 aliphatic heterocycles. The molecule has 2 saturated heterocycles. The Bertz CT molecular complexity index is 754. The summed E-state index contributed by atoms with van der Waals surface area (Å²) < 4.78 is 6.45. The topological polar surface area (TPSA) is 36.0 Å². The molecule has 1 amide bonds. The van der Waals surface area contributed by atoms with Gasteiger partial charge in [0, 0.05) is 48.5 Å². The van der Waals surface area contributed by atoms with Crippen molar-refractivity contribution in [1.82, 2.24) is 9.80 Å². The number of piperazine rings is 1. The highest BCUT2D eigenvalue weighted by atomic mass is 32.1.